The van der Waals surface area contributed by atoms with Gasteiger partial charge < -0.3 is 20.4 Å². The van der Waals surface area contributed by atoms with Crippen molar-refractivity contribution in [3.63, 3.8) is 0 Å². The second kappa shape index (κ2) is 10.3. The zero-order valence-electron chi connectivity index (χ0n) is 19.6. The number of hydrogen-bond acceptors (Lipinski definition) is 8. The number of benzene rings is 2. The Morgan fingerprint density at radius 3 is 2.68 bits per heavy atom. The molecule has 3 heterocycles. The SMILES string of the molecule is COC(=O)Nc1cccc(C(=O)Nc2ccc(F)c(Nc3ncccc3-c3ncnc4[nH]cnc34)c2F)c1. The van der Waals surface area contributed by atoms with Crippen LogP contribution in [0.4, 0.5) is 36.5 Å². The quantitative estimate of drug-likeness (QED) is 0.250. The van der Waals surface area contributed by atoms with Crippen molar-refractivity contribution in [2.75, 3.05) is 23.1 Å². The van der Waals surface area contributed by atoms with Crippen LogP contribution < -0.4 is 16.0 Å². The summed E-state index contributed by atoms with van der Waals surface area (Å²) < 4.78 is 34.8. The summed E-state index contributed by atoms with van der Waals surface area (Å²) in [6.45, 7) is 0. The highest BCUT2D eigenvalue weighted by Gasteiger charge is 2.20. The molecule has 0 aliphatic heterocycles. The van der Waals surface area contributed by atoms with Crippen LogP contribution in [0.15, 0.2) is 67.4 Å². The lowest BCUT2D eigenvalue weighted by atomic mass is 10.1. The van der Waals surface area contributed by atoms with Gasteiger partial charge in [-0.05, 0) is 42.5 Å². The summed E-state index contributed by atoms with van der Waals surface area (Å²) >= 11 is 0. The maximum atomic E-state index is 15.5. The first-order chi connectivity index (χ1) is 18.4. The molecule has 5 rings (SSSR count). The summed E-state index contributed by atoms with van der Waals surface area (Å²) in [6, 6.07) is 11.3. The molecule has 190 valence electrons. The van der Waals surface area contributed by atoms with Gasteiger partial charge in [0.2, 0.25) is 0 Å². The lowest BCUT2D eigenvalue weighted by molar-refractivity contribution is 0.102. The number of imidazole rings is 1. The predicted molar refractivity (Wildman–Crippen MR) is 135 cm³/mol. The number of carbonyl (C=O) groups is 2. The zero-order valence-corrected chi connectivity index (χ0v) is 19.6. The summed E-state index contributed by atoms with van der Waals surface area (Å²) in [7, 11) is 1.20. The number of carbonyl (C=O) groups excluding carboxylic acids is 2. The van der Waals surface area contributed by atoms with Crippen molar-refractivity contribution in [3.8, 4) is 11.3 Å². The highest BCUT2D eigenvalue weighted by Crippen LogP contribution is 2.34. The maximum Gasteiger partial charge on any atom is 0.411 e. The molecular weight excluding hydrogens is 498 g/mol. The number of anilines is 4. The molecule has 0 bridgehead atoms. The summed E-state index contributed by atoms with van der Waals surface area (Å²) in [5, 5.41) is 7.54. The van der Waals surface area contributed by atoms with Crippen LogP contribution in [0.5, 0.6) is 0 Å². The van der Waals surface area contributed by atoms with E-state index in [4.69, 9.17) is 0 Å². The van der Waals surface area contributed by atoms with E-state index in [9.17, 15) is 14.0 Å². The normalized spacial score (nSPS) is 10.7. The Kier molecular flexibility index (Phi) is 6.55. The molecule has 5 aromatic rings. The third kappa shape index (κ3) is 4.80. The summed E-state index contributed by atoms with van der Waals surface area (Å²) in [5.41, 5.74) is 1.37. The molecule has 4 N–H and O–H groups in total. The highest BCUT2D eigenvalue weighted by atomic mass is 19.1. The van der Waals surface area contributed by atoms with Gasteiger partial charge in [-0.25, -0.2) is 33.5 Å². The second-order valence-electron chi connectivity index (χ2n) is 7.78. The molecule has 0 saturated heterocycles. The fourth-order valence-corrected chi connectivity index (χ4v) is 3.64. The number of methoxy groups -OCH3 is 1. The molecule has 0 aliphatic rings. The van der Waals surface area contributed by atoms with Gasteiger partial charge in [0.05, 0.1) is 19.1 Å². The number of aromatic amines is 1. The van der Waals surface area contributed by atoms with Gasteiger partial charge >= 0.3 is 6.09 Å². The lowest BCUT2D eigenvalue weighted by Gasteiger charge is -2.15. The Morgan fingerprint density at radius 2 is 1.84 bits per heavy atom. The van der Waals surface area contributed by atoms with E-state index in [1.165, 1.54) is 44.2 Å². The number of amides is 2. The lowest BCUT2D eigenvalue weighted by Crippen LogP contribution is -2.15. The van der Waals surface area contributed by atoms with Gasteiger partial charge in [-0.15, -0.1) is 0 Å². The number of halogens is 2. The molecule has 13 heteroatoms. The van der Waals surface area contributed by atoms with Crippen LogP contribution in [-0.4, -0.2) is 44.0 Å². The number of pyridine rings is 1. The second-order valence-corrected chi connectivity index (χ2v) is 7.78. The molecule has 0 aliphatic carbocycles. The van der Waals surface area contributed by atoms with Crippen LogP contribution in [-0.2, 0) is 4.74 Å². The number of hydrogen-bond donors (Lipinski definition) is 4. The monoisotopic (exact) mass is 516 g/mol. The minimum atomic E-state index is -1.05. The number of aromatic nitrogens is 5. The fraction of sp³-hybridized carbons (Fsp3) is 0.0400. The fourth-order valence-electron chi connectivity index (χ4n) is 3.64. The molecule has 3 aromatic heterocycles. The summed E-state index contributed by atoms with van der Waals surface area (Å²) in [5.74, 6) is -2.53. The van der Waals surface area contributed by atoms with Gasteiger partial charge in [0.1, 0.15) is 34.9 Å². The molecule has 2 aromatic carbocycles. The van der Waals surface area contributed by atoms with Crippen molar-refractivity contribution in [2.24, 2.45) is 0 Å². The number of rotatable bonds is 6. The third-order valence-corrected chi connectivity index (χ3v) is 5.42. The van der Waals surface area contributed by atoms with Crippen LogP contribution >= 0.6 is 0 Å². The van der Waals surface area contributed by atoms with Crippen molar-refractivity contribution < 1.29 is 23.1 Å². The van der Waals surface area contributed by atoms with Crippen molar-refractivity contribution in [2.45, 2.75) is 0 Å². The molecule has 0 radical (unpaired) electrons. The molecule has 38 heavy (non-hydrogen) atoms. The van der Waals surface area contributed by atoms with Gasteiger partial charge in [-0.3, -0.25) is 10.1 Å². The standard InChI is InChI=1S/C25H18F2N8O3/c1-38-25(37)33-14-5-2-4-13(10-14)24(36)34-17-8-7-16(26)20(18(17)27)35-22-15(6-3-9-28-22)19-21-23(31-11-29-19)32-12-30-21/h2-12H,1H3,(H,28,35)(H,33,37)(H,34,36)(H,29,30,31,32). The van der Waals surface area contributed by atoms with Gasteiger partial charge in [0, 0.05) is 23.0 Å². The smallest absolute Gasteiger partial charge is 0.411 e. The molecule has 2 amide bonds. The van der Waals surface area contributed by atoms with Crippen molar-refractivity contribution in [3.05, 3.63) is 84.6 Å². The Labute approximate surface area is 213 Å². The van der Waals surface area contributed by atoms with Gasteiger partial charge in [-0.2, -0.15) is 0 Å². The van der Waals surface area contributed by atoms with Gasteiger partial charge in [0.25, 0.3) is 5.91 Å². The Balaban J connectivity index is 1.44. The van der Waals surface area contributed by atoms with Crippen LogP contribution in [0.1, 0.15) is 10.4 Å². The molecule has 0 spiro atoms. The average molecular weight is 516 g/mol. The maximum absolute atomic E-state index is 15.5. The molecule has 0 atom stereocenters. The van der Waals surface area contributed by atoms with E-state index in [1.807, 2.05) is 0 Å². The first-order valence-corrected chi connectivity index (χ1v) is 11.1. The number of H-pyrrole nitrogens is 1. The number of ether oxygens (including phenoxy) is 1. The highest BCUT2D eigenvalue weighted by molar-refractivity contribution is 6.05. The largest absolute Gasteiger partial charge is 0.453 e. The first-order valence-electron chi connectivity index (χ1n) is 11.1. The topological polar surface area (TPSA) is 147 Å². The van der Waals surface area contributed by atoms with Crippen molar-refractivity contribution in [1.82, 2.24) is 24.9 Å². The predicted octanol–water partition coefficient (Wildman–Crippen LogP) is 4.87. The average Bonchev–Trinajstić information content (AvgIpc) is 3.42. The summed E-state index contributed by atoms with van der Waals surface area (Å²) in [4.78, 5) is 43.9. The van der Waals surface area contributed by atoms with E-state index in [0.717, 1.165) is 12.1 Å². The van der Waals surface area contributed by atoms with Crippen LogP contribution in [0.3, 0.4) is 0 Å². The Morgan fingerprint density at radius 1 is 0.974 bits per heavy atom. The van der Waals surface area contributed by atoms with E-state index in [1.54, 1.807) is 18.2 Å². The Hall–Kier alpha value is -5.46. The van der Waals surface area contributed by atoms with E-state index < -0.39 is 29.3 Å². The molecule has 0 saturated carbocycles. The van der Waals surface area contributed by atoms with E-state index in [-0.39, 0.29) is 17.1 Å². The zero-order chi connectivity index (χ0) is 26.6. The minimum Gasteiger partial charge on any atom is -0.453 e. The van der Waals surface area contributed by atoms with Gasteiger partial charge in [0.15, 0.2) is 11.5 Å². The molecule has 0 fully saturated rings. The Bertz CT molecular complexity index is 1670. The van der Waals surface area contributed by atoms with Crippen molar-refractivity contribution in [1.29, 1.82) is 0 Å². The number of nitrogens with zero attached hydrogens (tertiary/aromatic N) is 4. The minimum absolute atomic E-state index is 0.110. The van der Waals surface area contributed by atoms with E-state index in [2.05, 4.69) is 45.6 Å². The van der Waals surface area contributed by atoms with Crippen LogP contribution in [0.2, 0.25) is 0 Å². The third-order valence-electron chi connectivity index (χ3n) is 5.42. The van der Waals surface area contributed by atoms with E-state index >= 15 is 4.39 Å². The molecule has 11 nitrogen and oxygen atoms in total. The van der Waals surface area contributed by atoms with Crippen LogP contribution in [0, 0.1) is 11.6 Å². The number of nitrogens with one attached hydrogen (secondary N) is 4. The molecular formula is C25H18F2N8O3. The van der Waals surface area contributed by atoms with Crippen molar-refractivity contribution >= 4 is 46.0 Å². The number of fused-ring (bicyclic) bond motifs is 1. The van der Waals surface area contributed by atoms with E-state index in [0.29, 0.717) is 28.1 Å². The summed E-state index contributed by atoms with van der Waals surface area (Å²) in [6.07, 6.45) is 3.52. The molecule has 0 unspecified atom stereocenters. The first kappa shape index (κ1) is 24.2. The van der Waals surface area contributed by atoms with Gasteiger partial charge in [-0.1, -0.05) is 6.07 Å². The van der Waals surface area contributed by atoms with Crippen LogP contribution in [0.25, 0.3) is 22.4 Å².